The number of amides is 1. The third-order valence-electron chi connectivity index (χ3n) is 3.88. The Labute approximate surface area is 146 Å². The molecule has 134 valence electrons. The van der Waals surface area contributed by atoms with Crippen LogP contribution in [0.2, 0.25) is 0 Å². The van der Waals surface area contributed by atoms with E-state index < -0.39 is 23.4 Å². The Kier molecular flexibility index (Phi) is 5.21. The molecule has 0 aliphatic carbocycles. The molecule has 0 heterocycles. The van der Waals surface area contributed by atoms with Crippen LogP contribution in [0, 0.1) is 18.2 Å². The van der Waals surface area contributed by atoms with Crippen LogP contribution in [0.25, 0.3) is 0 Å². The van der Waals surface area contributed by atoms with Gasteiger partial charge in [-0.15, -0.1) is 0 Å². The van der Waals surface area contributed by atoms with Crippen LogP contribution in [-0.2, 0) is 0 Å². The lowest BCUT2D eigenvalue weighted by Gasteiger charge is -2.32. The van der Waals surface area contributed by atoms with Gasteiger partial charge in [-0.05, 0) is 42.2 Å². The molecule has 0 aliphatic rings. The molecule has 0 aliphatic heterocycles. The number of carboxylic acid groups (broad SMARTS) is 1. The highest BCUT2D eigenvalue weighted by atomic mass is 19.1. The minimum Gasteiger partial charge on any atom is -0.465 e. The molecule has 0 fully saturated rings. The van der Waals surface area contributed by atoms with E-state index in [0.717, 1.165) is 5.56 Å². The molecule has 2 rings (SSSR count). The normalized spacial score (nSPS) is 12.5. The lowest BCUT2D eigenvalue weighted by Crippen LogP contribution is -2.36. The molecule has 25 heavy (non-hydrogen) atoms. The fourth-order valence-corrected chi connectivity index (χ4v) is 2.56. The maximum Gasteiger partial charge on any atom is 0.405 e. The lowest BCUT2D eigenvalue weighted by molar-refractivity contribution is 0.175. The molecule has 0 spiro atoms. The van der Waals surface area contributed by atoms with Crippen LogP contribution in [0.5, 0.6) is 11.5 Å². The monoisotopic (exact) mass is 346 g/mol. The number of halogens is 1. The van der Waals surface area contributed by atoms with Crippen molar-refractivity contribution in [3.8, 4) is 11.5 Å². The summed E-state index contributed by atoms with van der Waals surface area (Å²) in [6.07, 6.45) is -1.13. The molecule has 2 aromatic carbocycles. The van der Waals surface area contributed by atoms with Crippen LogP contribution < -0.4 is 15.8 Å². The van der Waals surface area contributed by atoms with Crippen LogP contribution >= 0.6 is 0 Å². The zero-order chi connectivity index (χ0) is 18.8. The standard InChI is InChI=1S/C19H23FN2O3/c1-11-5-6-12(20)9-16(11)25-13-7-8-15(21)14(10-13)17(19(2,3)4)22-18(23)24/h5-10,17,22H,21H2,1-4H3,(H,23,24). The Morgan fingerprint density at radius 1 is 1.24 bits per heavy atom. The first kappa shape index (κ1) is 18.6. The molecule has 0 saturated carbocycles. The van der Waals surface area contributed by atoms with Gasteiger partial charge in [0.25, 0.3) is 0 Å². The summed E-state index contributed by atoms with van der Waals surface area (Å²) < 4.78 is 19.2. The van der Waals surface area contributed by atoms with E-state index in [-0.39, 0.29) is 0 Å². The summed E-state index contributed by atoms with van der Waals surface area (Å²) in [6.45, 7) is 7.56. The van der Waals surface area contributed by atoms with Crippen molar-refractivity contribution >= 4 is 11.8 Å². The maximum atomic E-state index is 13.4. The fraction of sp³-hybridized carbons (Fsp3) is 0.316. The van der Waals surface area contributed by atoms with Gasteiger partial charge in [0, 0.05) is 17.3 Å². The predicted molar refractivity (Wildman–Crippen MR) is 95.4 cm³/mol. The minimum absolute atomic E-state index is 0.392. The molecular formula is C19H23FN2O3. The number of nitrogens with two attached hydrogens (primary N) is 1. The molecule has 1 unspecified atom stereocenters. The second-order valence-electron chi connectivity index (χ2n) is 7.05. The average molecular weight is 346 g/mol. The van der Waals surface area contributed by atoms with Gasteiger partial charge in [0.2, 0.25) is 0 Å². The smallest absolute Gasteiger partial charge is 0.405 e. The number of hydrogen-bond donors (Lipinski definition) is 3. The Hall–Kier alpha value is -2.76. The van der Waals surface area contributed by atoms with Crippen LogP contribution in [0.15, 0.2) is 36.4 Å². The number of nitrogens with one attached hydrogen (secondary N) is 1. The topological polar surface area (TPSA) is 84.6 Å². The second-order valence-corrected chi connectivity index (χ2v) is 7.05. The third kappa shape index (κ3) is 4.62. The van der Waals surface area contributed by atoms with E-state index in [0.29, 0.717) is 22.7 Å². The van der Waals surface area contributed by atoms with Crippen molar-refractivity contribution in [1.29, 1.82) is 0 Å². The molecule has 2 aromatic rings. The van der Waals surface area contributed by atoms with Gasteiger partial charge in [-0.2, -0.15) is 0 Å². The van der Waals surface area contributed by atoms with Gasteiger partial charge in [0.15, 0.2) is 0 Å². The molecule has 1 amide bonds. The third-order valence-corrected chi connectivity index (χ3v) is 3.88. The van der Waals surface area contributed by atoms with Crippen LogP contribution in [-0.4, -0.2) is 11.2 Å². The molecular weight excluding hydrogens is 323 g/mol. The number of rotatable bonds is 4. The predicted octanol–water partition coefficient (Wildman–Crippen LogP) is 4.86. The van der Waals surface area contributed by atoms with Crippen molar-refractivity contribution in [2.45, 2.75) is 33.7 Å². The zero-order valence-corrected chi connectivity index (χ0v) is 14.8. The van der Waals surface area contributed by atoms with Crippen LogP contribution in [0.1, 0.15) is 37.9 Å². The van der Waals surface area contributed by atoms with Gasteiger partial charge in [-0.25, -0.2) is 9.18 Å². The summed E-state index contributed by atoms with van der Waals surface area (Å²) >= 11 is 0. The summed E-state index contributed by atoms with van der Waals surface area (Å²) in [6, 6.07) is 8.79. The van der Waals surface area contributed by atoms with Crippen LogP contribution in [0.4, 0.5) is 14.9 Å². The van der Waals surface area contributed by atoms with Crippen molar-refractivity contribution in [2.75, 3.05) is 5.73 Å². The van der Waals surface area contributed by atoms with Crippen molar-refractivity contribution < 1.29 is 19.0 Å². The van der Waals surface area contributed by atoms with Crippen molar-refractivity contribution in [3.05, 3.63) is 53.3 Å². The van der Waals surface area contributed by atoms with E-state index in [4.69, 9.17) is 15.6 Å². The number of benzene rings is 2. The van der Waals surface area contributed by atoms with Gasteiger partial charge in [-0.1, -0.05) is 26.8 Å². The van der Waals surface area contributed by atoms with E-state index in [1.807, 2.05) is 27.7 Å². The molecule has 6 heteroatoms. The van der Waals surface area contributed by atoms with Gasteiger partial charge in [-0.3, -0.25) is 0 Å². The van der Waals surface area contributed by atoms with E-state index in [1.54, 1.807) is 24.3 Å². The highest BCUT2D eigenvalue weighted by molar-refractivity contribution is 5.66. The van der Waals surface area contributed by atoms with Crippen molar-refractivity contribution in [1.82, 2.24) is 5.32 Å². The highest BCUT2D eigenvalue weighted by Gasteiger charge is 2.29. The Bertz CT molecular complexity index is 785. The largest absolute Gasteiger partial charge is 0.465 e. The number of anilines is 1. The van der Waals surface area contributed by atoms with Gasteiger partial charge < -0.3 is 20.9 Å². The molecule has 4 N–H and O–H groups in total. The molecule has 0 bridgehead atoms. The summed E-state index contributed by atoms with van der Waals surface area (Å²) in [4.78, 5) is 11.2. The highest BCUT2D eigenvalue weighted by Crippen LogP contribution is 2.38. The van der Waals surface area contributed by atoms with Gasteiger partial charge >= 0.3 is 6.09 Å². The number of nitrogen functional groups attached to an aromatic ring is 1. The molecule has 1 atom stereocenters. The van der Waals surface area contributed by atoms with Gasteiger partial charge in [0.1, 0.15) is 17.3 Å². The summed E-state index contributed by atoms with van der Waals surface area (Å²) in [5.74, 6) is 0.463. The number of aryl methyl sites for hydroxylation is 1. The maximum absolute atomic E-state index is 13.4. The molecule has 5 nitrogen and oxygen atoms in total. The van der Waals surface area contributed by atoms with Crippen molar-refractivity contribution in [3.63, 3.8) is 0 Å². The Morgan fingerprint density at radius 3 is 2.52 bits per heavy atom. The van der Waals surface area contributed by atoms with E-state index >= 15 is 0 Å². The van der Waals surface area contributed by atoms with Gasteiger partial charge in [0.05, 0.1) is 6.04 Å². The van der Waals surface area contributed by atoms with E-state index in [2.05, 4.69) is 5.32 Å². The second kappa shape index (κ2) is 7.01. The van der Waals surface area contributed by atoms with Crippen molar-refractivity contribution in [2.24, 2.45) is 5.41 Å². The fourth-order valence-electron chi connectivity index (χ4n) is 2.56. The summed E-state index contributed by atoms with van der Waals surface area (Å²) in [7, 11) is 0. The SMILES string of the molecule is Cc1ccc(F)cc1Oc1ccc(N)c(C(NC(=O)O)C(C)(C)C)c1. The first-order chi connectivity index (χ1) is 11.6. The quantitative estimate of drug-likeness (QED) is 0.690. The first-order valence-corrected chi connectivity index (χ1v) is 7.91. The number of carbonyl (C=O) groups is 1. The zero-order valence-electron chi connectivity index (χ0n) is 14.8. The minimum atomic E-state index is -1.13. The van der Waals surface area contributed by atoms with E-state index in [1.165, 1.54) is 12.1 Å². The molecule has 0 aromatic heterocycles. The Morgan fingerprint density at radius 2 is 1.92 bits per heavy atom. The van der Waals surface area contributed by atoms with Crippen LogP contribution in [0.3, 0.4) is 0 Å². The first-order valence-electron chi connectivity index (χ1n) is 7.91. The molecule has 0 radical (unpaired) electrons. The molecule has 0 saturated heterocycles. The average Bonchev–Trinajstić information content (AvgIpc) is 2.49. The lowest BCUT2D eigenvalue weighted by atomic mass is 9.81. The Balaban J connectivity index is 2.42. The summed E-state index contributed by atoms with van der Waals surface area (Å²) in [5.41, 5.74) is 7.51. The number of ether oxygens (including phenoxy) is 1. The summed E-state index contributed by atoms with van der Waals surface area (Å²) in [5, 5.41) is 11.7. The van der Waals surface area contributed by atoms with E-state index in [9.17, 15) is 9.18 Å². The number of hydrogen-bond acceptors (Lipinski definition) is 3.